The number of nitrogens with zero attached hydrogens (tertiary/aromatic N) is 1. The van der Waals surface area contributed by atoms with Crippen LogP contribution >= 0.6 is 0 Å². The molecule has 0 amide bonds. The summed E-state index contributed by atoms with van der Waals surface area (Å²) in [6, 6.07) is 10.4. The highest BCUT2D eigenvalue weighted by molar-refractivity contribution is 5.29. The van der Waals surface area contributed by atoms with E-state index in [0.29, 0.717) is 6.54 Å². The summed E-state index contributed by atoms with van der Waals surface area (Å²) < 4.78 is 10.7. The molecule has 1 atom stereocenters. The minimum Gasteiger partial charge on any atom is -0.491 e. The molecule has 0 saturated carbocycles. The lowest BCUT2D eigenvalue weighted by atomic mass is 10.1. The fourth-order valence-electron chi connectivity index (χ4n) is 1.98. The van der Waals surface area contributed by atoms with Crippen molar-refractivity contribution in [1.29, 1.82) is 0 Å². The molecule has 0 fully saturated rings. The number of hydrogen-bond acceptors (Lipinski definition) is 4. The second kappa shape index (κ2) is 6.57. The van der Waals surface area contributed by atoms with E-state index in [9.17, 15) is 0 Å². The summed E-state index contributed by atoms with van der Waals surface area (Å²) in [4.78, 5) is 0. The molecule has 2 aromatic rings. The van der Waals surface area contributed by atoms with Gasteiger partial charge in [-0.2, -0.15) is 0 Å². The third-order valence-corrected chi connectivity index (χ3v) is 3.02. The third-order valence-electron chi connectivity index (χ3n) is 3.02. The van der Waals surface area contributed by atoms with Crippen molar-refractivity contribution in [2.45, 2.75) is 46.4 Å². The van der Waals surface area contributed by atoms with E-state index in [0.717, 1.165) is 17.2 Å². The van der Waals surface area contributed by atoms with Crippen molar-refractivity contribution in [3.8, 4) is 5.75 Å². The molecular formula is C16H22N2O2. The third kappa shape index (κ3) is 4.10. The van der Waals surface area contributed by atoms with Gasteiger partial charge in [-0.3, -0.25) is 0 Å². The minimum atomic E-state index is 0.201. The highest BCUT2D eigenvalue weighted by atomic mass is 16.5. The molecule has 1 aromatic carbocycles. The maximum absolute atomic E-state index is 5.64. The fraction of sp³-hybridized carbons (Fsp3) is 0.438. The SMILES string of the molecule is Cc1cc(CNC(C)c2ccc(OC(C)C)cc2)no1. The molecule has 0 radical (unpaired) electrons. The van der Waals surface area contributed by atoms with Gasteiger partial charge >= 0.3 is 0 Å². The Kier molecular flexibility index (Phi) is 4.79. The molecule has 0 bridgehead atoms. The van der Waals surface area contributed by atoms with Gasteiger partial charge in [0.05, 0.1) is 11.8 Å². The van der Waals surface area contributed by atoms with Gasteiger partial charge in [0.1, 0.15) is 11.5 Å². The number of ether oxygens (including phenoxy) is 1. The second-order valence-corrected chi connectivity index (χ2v) is 5.27. The van der Waals surface area contributed by atoms with Crippen LogP contribution in [0.25, 0.3) is 0 Å². The molecule has 4 heteroatoms. The van der Waals surface area contributed by atoms with Crippen LogP contribution in [-0.2, 0) is 6.54 Å². The van der Waals surface area contributed by atoms with E-state index in [1.54, 1.807) is 0 Å². The van der Waals surface area contributed by atoms with Crippen molar-refractivity contribution in [3.05, 3.63) is 47.3 Å². The maximum atomic E-state index is 5.64. The Morgan fingerprint density at radius 3 is 2.45 bits per heavy atom. The zero-order valence-corrected chi connectivity index (χ0v) is 12.5. The summed E-state index contributed by atoms with van der Waals surface area (Å²) in [7, 11) is 0. The zero-order valence-electron chi connectivity index (χ0n) is 12.5. The van der Waals surface area contributed by atoms with Gasteiger partial charge in [-0.25, -0.2) is 0 Å². The Labute approximate surface area is 120 Å². The molecule has 108 valence electrons. The summed E-state index contributed by atoms with van der Waals surface area (Å²) in [5.74, 6) is 1.74. The first-order chi connectivity index (χ1) is 9.54. The largest absolute Gasteiger partial charge is 0.491 e. The monoisotopic (exact) mass is 274 g/mol. The molecule has 0 aliphatic rings. The average Bonchev–Trinajstić information content (AvgIpc) is 2.82. The molecule has 0 aliphatic carbocycles. The average molecular weight is 274 g/mol. The summed E-state index contributed by atoms with van der Waals surface area (Å²) in [6.45, 7) is 8.78. The first-order valence-corrected chi connectivity index (χ1v) is 6.97. The zero-order chi connectivity index (χ0) is 14.5. The number of nitrogens with one attached hydrogen (secondary N) is 1. The van der Waals surface area contributed by atoms with E-state index in [1.165, 1.54) is 5.56 Å². The molecular weight excluding hydrogens is 252 g/mol. The number of rotatable bonds is 6. The Bertz CT molecular complexity index is 532. The Balaban J connectivity index is 1.90. The lowest BCUT2D eigenvalue weighted by Gasteiger charge is -2.15. The molecule has 1 unspecified atom stereocenters. The highest BCUT2D eigenvalue weighted by Crippen LogP contribution is 2.19. The Morgan fingerprint density at radius 2 is 1.90 bits per heavy atom. The summed E-state index contributed by atoms with van der Waals surface area (Å²) >= 11 is 0. The topological polar surface area (TPSA) is 47.3 Å². The van der Waals surface area contributed by atoms with E-state index in [1.807, 2.05) is 39.0 Å². The van der Waals surface area contributed by atoms with Gasteiger partial charge < -0.3 is 14.6 Å². The summed E-state index contributed by atoms with van der Waals surface area (Å²) in [5, 5.41) is 7.40. The molecule has 4 nitrogen and oxygen atoms in total. The van der Waals surface area contributed by atoms with Crippen molar-refractivity contribution >= 4 is 0 Å². The number of aryl methyl sites for hydroxylation is 1. The standard InChI is InChI=1S/C16H22N2O2/c1-11(2)19-16-7-5-14(6-8-16)13(4)17-10-15-9-12(3)20-18-15/h5-9,11,13,17H,10H2,1-4H3. The first kappa shape index (κ1) is 14.6. The van der Waals surface area contributed by atoms with E-state index in [4.69, 9.17) is 9.26 Å². The van der Waals surface area contributed by atoms with Crippen molar-refractivity contribution < 1.29 is 9.26 Å². The fourth-order valence-corrected chi connectivity index (χ4v) is 1.98. The van der Waals surface area contributed by atoms with Gasteiger partial charge in [-0.15, -0.1) is 0 Å². The van der Waals surface area contributed by atoms with Gasteiger partial charge in [0.2, 0.25) is 0 Å². The molecule has 20 heavy (non-hydrogen) atoms. The van der Waals surface area contributed by atoms with Gasteiger partial charge in [0.15, 0.2) is 0 Å². The molecule has 1 heterocycles. The molecule has 1 N–H and O–H groups in total. The second-order valence-electron chi connectivity index (χ2n) is 5.27. The molecule has 1 aromatic heterocycles. The number of aromatic nitrogens is 1. The van der Waals surface area contributed by atoms with E-state index in [2.05, 4.69) is 29.5 Å². The highest BCUT2D eigenvalue weighted by Gasteiger charge is 2.07. The molecule has 0 spiro atoms. The van der Waals surface area contributed by atoms with Crippen molar-refractivity contribution in [2.75, 3.05) is 0 Å². The smallest absolute Gasteiger partial charge is 0.133 e. The summed E-state index contributed by atoms with van der Waals surface area (Å²) in [6.07, 6.45) is 0.201. The first-order valence-electron chi connectivity index (χ1n) is 6.97. The predicted molar refractivity (Wildman–Crippen MR) is 78.7 cm³/mol. The Hall–Kier alpha value is -1.81. The maximum Gasteiger partial charge on any atom is 0.133 e. The number of hydrogen-bond donors (Lipinski definition) is 1. The van der Waals surface area contributed by atoms with Crippen LogP contribution in [0.3, 0.4) is 0 Å². The van der Waals surface area contributed by atoms with E-state index < -0.39 is 0 Å². The quantitative estimate of drug-likeness (QED) is 0.874. The van der Waals surface area contributed by atoms with Crippen LogP contribution in [0, 0.1) is 6.92 Å². The van der Waals surface area contributed by atoms with Crippen LogP contribution in [-0.4, -0.2) is 11.3 Å². The van der Waals surface area contributed by atoms with Crippen LogP contribution in [0.4, 0.5) is 0 Å². The van der Waals surface area contributed by atoms with Gasteiger partial charge in [-0.05, 0) is 45.4 Å². The van der Waals surface area contributed by atoms with Crippen molar-refractivity contribution in [1.82, 2.24) is 10.5 Å². The van der Waals surface area contributed by atoms with Crippen LogP contribution in [0.5, 0.6) is 5.75 Å². The van der Waals surface area contributed by atoms with E-state index in [-0.39, 0.29) is 12.1 Å². The minimum absolute atomic E-state index is 0.201. The van der Waals surface area contributed by atoms with Crippen LogP contribution in [0.1, 0.15) is 43.8 Å². The molecule has 0 aliphatic heterocycles. The van der Waals surface area contributed by atoms with E-state index >= 15 is 0 Å². The molecule has 2 rings (SSSR count). The van der Waals surface area contributed by atoms with Gasteiger partial charge in [-0.1, -0.05) is 17.3 Å². The van der Waals surface area contributed by atoms with Crippen molar-refractivity contribution in [3.63, 3.8) is 0 Å². The van der Waals surface area contributed by atoms with Gasteiger partial charge in [0, 0.05) is 18.7 Å². The van der Waals surface area contributed by atoms with Crippen LogP contribution < -0.4 is 10.1 Å². The van der Waals surface area contributed by atoms with Gasteiger partial charge in [0.25, 0.3) is 0 Å². The Morgan fingerprint density at radius 1 is 1.20 bits per heavy atom. The van der Waals surface area contributed by atoms with Crippen molar-refractivity contribution in [2.24, 2.45) is 0 Å². The lowest BCUT2D eigenvalue weighted by Crippen LogP contribution is -2.18. The normalized spacial score (nSPS) is 12.7. The lowest BCUT2D eigenvalue weighted by molar-refractivity contribution is 0.242. The molecule has 0 saturated heterocycles. The predicted octanol–water partition coefficient (Wildman–Crippen LogP) is 3.62. The number of benzene rings is 1. The summed E-state index contributed by atoms with van der Waals surface area (Å²) in [5.41, 5.74) is 2.15. The van der Waals surface area contributed by atoms with Crippen LogP contribution in [0.15, 0.2) is 34.9 Å². The van der Waals surface area contributed by atoms with Crippen LogP contribution in [0.2, 0.25) is 0 Å².